The first-order valence-corrected chi connectivity index (χ1v) is 8.00. The van der Waals surface area contributed by atoms with Crippen molar-refractivity contribution in [3.8, 4) is 0 Å². The minimum Gasteiger partial charge on any atom is -0.396 e. The molecule has 0 aliphatic rings. The van der Waals surface area contributed by atoms with Crippen LogP contribution in [0.25, 0.3) is 0 Å². The Balaban J connectivity index is 3.07. The van der Waals surface area contributed by atoms with E-state index < -0.39 is 0 Å². The number of hydrogen-bond acceptors (Lipinski definition) is 5. The highest BCUT2D eigenvalue weighted by molar-refractivity contribution is 7.99. The summed E-state index contributed by atoms with van der Waals surface area (Å²) in [7, 11) is 3.68. The van der Waals surface area contributed by atoms with E-state index in [4.69, 9.17) is 5.73 Å². The van der Waals surface area contributed by atoms with Crippen molar-refractivity contribution in [1.82, 2.24) is 5.32 Å². The summed E-state index contributed by atoms with van der Waals surface area (Å²) in [5.74, 6) is -0.108. The maximum absolute atomic E-state index is 11.7. The Kier molecular flexibility index (Phi) is 5.81. The van der Waals surface area contributed by atoms with Gasteiger partial charge in [-0.3, -0.25) is 4.79 Å². The summed E-state index contributed by atoms with van der Waals surface area (Å²) in [6, 6.07) is 0. The summed E-state index contributed by atoms with van der Waals surface area (Å²) in [5.41, 5.74) is 6.66. The predicted octanol–water partition coefficient (Wildman–Crippen LogP) is 2.65. The average Bonchev–Trinajstić information content (AvgIpc) is 2.72. The Bertz CT molecular complexity index is 418. The van der Waals surface area contributed by atoms with E-state index in [1.54, 1.807) is 18.8 Å². The maximum Gasteiger partial charge on any atom is 0.263 e. The van der Waals surface area contributed by atoms with Gasteiger partial charge in [-0.25, -0.2) is 0 Å². The second-order valence-electron chi connectivity index (χ2n) is 4.04. The van der Waals surface area contributed by atoms with Crippen molar-refractivity contribution in [2.24, 2.45) is 0 Å². The lowest BCUT2D eigenvalue weighted by atomic mass is 10.3. The van der Waals surface area contributed by atoms with Crippen molar-refractivity contribution in [3.05, 3.63) is 4.88 Å². The second kappa shape index (κ2) is 6.89. The van der Waals surface area contributed by atoms with Gasteiger partial charge >= 0.3 is 0 Å². The van der Waals surface area contributed by atoms with Crippen molar-refractivity contribution in [2.45, 2.75) is 24.7 Å². The number of nitrogens with zero attached hydrogens (tertiary/aromatic N) is 1. The van der Waals surface area contributed by atoms with Gasteiger partial charge in [0, 0.05) is 20.6 Å². The predicted molar refractivity (Wildman–Crippen MR) is 82.1 cm³/mol. The van der Waals surface area contributed by atoms with E-state index in [0.717, 1.165) is 29.3 Å². The third-order valence-electron chi connectivity index (χ3n) is 2.71. The first kappa shape index (κ1) is 15.2. The van der Waals surface area contributed by atoms with Gasteiger partial charge in [0.25, 0.3) is 5.91 Å². The molecule has 6 heteroatoms. The standard InChI is InChI=1S/C12H21N3OS2/c1-5-6-7-15(3)12-10(17-4)8(13)9(18-12)11(16)14-2/h5-7,13H2,1-4H3,(H,14,16). The van der Waals surface area contributed by atoms with E-state index in [1.807, 2.05) is 13.3 Å². The van der Waals surface area contributed by atoms with Gasteiger partial charge in [-0.1, -0.05) is 13.3 Å². The highest BCUT2D eigenvalue weighted by atomic mass is 32.2. The Morgan fingerprint density at radius 1 is 1.56 bits per heavy atom. The van der Waals surface area contributed by atoms with Gasteiger partial charge in [0.1, 0.15) is 9.88 Å². The number of carbonyl (C=O) groups excluding carboxylic acids is 1. The van der Waals surface area contributed by atoms with Crippen molar-refractivity contribution in [2.75, 3.05) is 37.5 Å². The summed E-state index contributed by atoms with van der Waals surface area (Å²) >= 11 is 3.07. The molecular weight excluding hydrogens is 266 g/mol. The number of unbranched alkanes of at least 4 members (excludes halogenated alkanes) is 1. The van der Waals surface area contributed by atoms with Crippen LogP contribution in [-0.2, 0) is 0 Å². The molecule has 3 N–H and O–H groups in total. The summed E-state index contributed by atoms with van der Waals surface area (Å²) < 4.78 is 0. The number of nitrogens with one attached hydrogen (secondary N) is 1. The highest BCUT2D eigenvalue weighted by Crippen LogP contribution is 2.43. The maximum atomic E-state index is 11.7. The number of anilines is 2. The minimum atomic E-state index is -0.108. The molecule has 1 aromatic heterocycles. The van der Waals surface area contributed by atoms with Gasteiger partial charge in [0.05, 0.1) is 10.6 Å². The molecule has 0 fully saturated rings. The molecule has 0 spiro atoms. The molecule has 0 aliphatic carbocycles. The molecule has 0 saturated heterocycles. The minimum absolute atomic E-state index is 0.108. The lowest BCUT2D eigenvalue weighted by Gasteiger charge is -2.18. The van der Waals surface area contributed by atoms with Crippen molar-refractivity contribution >= 4 is 39.7 Å². The number of hydrogen-bond donors (Lipinski definition) is 2. The monoisotopic (exact) mass is 287 g/mol. The summed E-state index contributed by atoms with van der Waals surface area (Å²) in [6.07, 6.45) is 4.28. The second-order valence-corrected chi connectivity index (χ2v) is 5.85. The van der Waals surface area contributed by atoms with Crippen LogP contribution in [-0.4, -0.2) is 32.8 Å². The molecule has 0 saturated carbocycles. The van der Waals surface area contributed by atoms with Crippen molar-refractivity contribution in [3.63, 3.8) is 0 Å². The molecule has 1 rings (SSSR count). The molecule has 1 amide bonds. The van der Waals surface area contributed by atoms with E-state index in [0.29, 0.717) is 10.6 Å². The van der Waals surface area contributed by atoms with Gasteiger partial charge in [0.15, 0.2) is 0 Å². The number of rotatable bonds is 6. The number of amides is 1. The van der Waals surface area contributed by atoms with Crippen LogP contribution in [0.5, 0.6) is 0 Å². The Labute approximate surface area is 117 Å². The topological polar surface area (TPSA) is 58.4 Å². The Hall–Kier alpha value is -0.880. The quantitative estimate of drug-likeness (QED) is 0.790. The largest absolute Gasteiger partial charge is 0.396 e. The van der Waals surface area contributed by atoms with E-state index in [1.165, 1.54) is 11.3 Å². The summed E-state index contributed by atoms with van der Waals surface area (Å²) in [5, 5.41) is 3.72. The fourth-order valence-corrected chi connectivity index (χ4v) is 3.79. The van der Waals surface area contributed by atoms with E-state index in [9.17, 15) is 4.79 Å². The number of nitrogens with two attached hydrogens (primary N) is 1. The fourth-order valence-electron chi connectivity index (χ4n) is 1.64. The molecule has 0 bridgehead atoms. The SMILES string of the molecule is CCCCN(C)c1sc(C(=O)NC)c(N)c1SC. The molecule has 1 heterocycles. The summed E-state index contributed by atoms with van der Waals surface area (Å²) in [4.78, 5) is 15.5. The average molecular weight is 287 g/mol. The lowest BCUT2D eigenvalue weighted by Crippen LogP contribution is -2.18. The zero-order chi connectivity index (χ0) is 13.7. The van der Waals surface area contributed by atoms with Crippen LogP contribution in [0, 0.1) is 0 Å². The zero-order valence-electron chi connectivity index (χ0n) is 11.4. The smallest absolute Gasteiger partial charge is 0.263 e. The fraction of sp³-hybridized carbons (Fsp3) is 0.583. The Morgan fingerprint density at radius 3 is 2.72 bits per heavy atom. The van der Waals surface area contributed by atoms with Crippen LogP contribution in [0.2, 0.25) is 0 Å². The molecule has 0 unspecified atom stereocenters. The molecule has 0 atom stereocenters. The molecule has 0 aliphatic heterocycles. The highest BCUT2D eigenvalue weighted by Gasteiger charge is 2.21. The first-order chi connectivity index (χ1) is 8.56. The third kappa shape index (κ3) is 3.11. The van der Waals surface area contributed by atoms with Crippen LogP contribution in [0.3, 0.4) is 0 Å². The lowest BCUT2D eigenvalue weighted by molar-refractivity contribution is 0.0968. The van der Waals surface area contributed by atoms with E-state index in [2.05, 4.69) is 17.1 Å². The Morgan fingerprint density at radius 2 is 2.22 bits per heavy atom. The van der Waals surface area contributed by atoms with Crippen LogP contribution < -0.4 is 16.0 Å². The zero-order valence-corrected chi connectivity index (χ0v) is 13.0. The third-order valence-corrected chi connectivity index (χ3v) is 4.98. The molecular formula is C12H21N3OS2. The van der Waals surface area contributed by atoms with Gasteiger partial charge < -0.3 is 16.0 Å². The van der Waals surface area contributed by atoms with Crippen molar-refractivity contribution < 1.29 is 4.79 Å². The number of carbonyl (C=O) groups is 1. The molecule has 0 aromatic carbocycles. The normalized spacial score (nSPS) is 10.4. The van der Waals surface area contributed by atoms with Crippen LogP contribution in [0.1, 0.15) is 29.4 Å². The molecule has 0 radical (unpaired) electrons. The first-order valence-electron chi connectivity index (χ1n) is 5.96. The molecule has 102 valence electrons. The van der Waals surface area contributed by atoms with Crippen LogP contribution >= 0.6 is 23.1 Å². The van der Waals surface area contributed by atoms with Gasteiger partial charge in [-0.05, 0) is 12.7 Å². The van der Waals surface area contributed by atoms with Crippen LogP contribution in [0.4, 0.5) is 10.7 Å². The molecule has 1 aromatic rings. The van der Waals surface area contributed by atoms with E-state index >= 15 is 0 Å². The van der Waals surface area contributed by atoms with Gasteiger partial charge in [0.2, 0.25) is 0 Å². The number of thiophene rings is 1. The van der Waals surface area contributed by atoms with E-state index in [-0.39, 0.29) is 5.91 Å². The molecule has 4 nitrogen and oxygen atoms in total. The molecule has 18 heavy (non-hydrogen) atoms. The summed E-state index contributed by atoms with van der Waals surface area (Å²) in [6.45, 7) is 3.15. The number of nitrogen functional groups attached to an aromatic ring is 1. The van der Waals surface area contributed by atoms with Crippen LogP contribution in [0.15, 0.2) is 4.90 Å². The van der Waals surface area contributed by atoms with Gasteiger partial charge in [-0.2, -0.15) is 0 Å². The van der Waals surface area contributed by atoms with Crippen molar-refractivity contribution in [1.29, 1.82) is 0 Å². The number of thioether (sulfide) groups is 1. The van der Waals surface area contributed by atoms with Gasteiger partial charge in [-0.15, -0.1) is 23.1 Å².